The Hall–Kier alpha value is -2.44. The number of carbonyl (C=O) groups is 1. The molecule has 5 nitrogen and oxygen atoms in total. The Morgan fingerprint density at radius 1 is 1.15 bits per heavy atom. The molecule has 1 atom stereocenters. The van der Waals surface area contributed by atoms with E-state index in [1.54, 1.807) is 28.9 Å². The molecule has 0 saturated heterocycles. The van der Waals surface area contributed by atoms with Crippen LogP contribution in [0.5, 0.6) is 0 Å². The Morgan fingerprint density at radius 3 is 2.65 bits per heavy atom. The number of aryl methyl sites for hydroxylation is 1. The average molecular weight is 386 g/mol. The van der Waals surface area contributed by atoms with E-state index in [1.807, 2.05) is 31.2 Å². The summed E-state index contributed by atoms with van der Waals surface area (Å²) in [7, 11) is -0.985. The highest BCUT2D eigenvalue weighted by atomic mass is 35.5. The molecule has 0 saturated carbocycles. The Kier molecular flexibility index (Phi) is 4.38. The number of rotatable bonds is 3. The Morgan fingerprint density at radius 2 is 1.88 bits per heavy atom. The van der Waals surface area contributed by atoms with Gasteiger partial charge in [0.1, 0.15) is 5.82 Å². The fourth-order valence-electron chi connectivity index (χ4n) is 3.05. The van der Waals surface area contributed by atoms with Gasteiger partial charge in [-0.25, -0.2) is 4.68 Å². The number of aromatic nitrogens is 2. The van der Waals surface area contributed by atoms with Crippen LogP contribution in [0.25, 0.3) is 5.69 Å². The second-order valence-corrected chi connectivity index (χ2v) is 8.00. The maximum absolute atomic E-state index is 12.8. The first-order chi connectivity index (χ1) is 12.5. The monoisotopic (exact) mass is 385 g/mol. The molecule has 26 heavy (non-hydrogen) atoms. The molecule has 0 unspecified atom stereocenters. The van der Waals surface area contributed by atoms with Gasteiger partial charge in [-0.05, 0) is 30.7 Å². The topological polar surface area (TPSA) is 64.0 Å². The molecule has 2 aromatic carbocycles. The molecular weight excluding hydrogens is 370 g/mol. The lowest BCUT2D eigenvalue weighted by Crippen LogP contribution is -2.17. The number of para-hydroxylation sites is 1. The molecule has 0 fully saturated rings. The third kappa shape index (κ3) is 2.95. The van der Waals surface area contributed by atoms with Gasteiger partial charge in [-0.3, -0.25) is 9.00 Å². The minimum Gasteiger partial charge on any atom is -0.306 e. The maximum Gasteiger partial charge on any atom is 0.258 e. The highest BCUT2D eigenvalue weighted by Gasteiger charge is 2.29. The van der Waals surface area contributed by atoms with Crippen LogP contribution < -0.4 is 5.32 Å². The number of anilines is 1. The number of halogens is 1. The number of nitrogens with zero attached hydrogens (tertiary/aromatic N) is 2. The molecule has 0 spiro atoms. The molecule has 0 radical (unpaired) electrons. The molecule has 7 heteroatoms. The summed E-state index contributed by atoms with van der Waals surface area (Å²) in [5.74, 6) is 1.04. The summed E-state index contributed by atoms with van der Waals surface area (Å²) in [4.78, 5) is 12.8. The van der Waals surface area contributed by atoms with E-state index >= 15 is 0 Å². The van der Waals surface area contributed by atoms with Crippen LogP contribution in [-0.4, -0.2) is 19.9 Å². The SMILES string of the molecule is Cc1ccccc1-n1nc2c(c1NC(=O)c1ccccc1Cl)C[S@@](=O)C2. The molecule has 0 aliphatic carbocycles. The van der Waals surface area contributed by atoms with Gasteiger partial charge >= 0.3 is 0 Å². The summed E-state index contributed by atoms with van der Waals surface area (Å²) in [5.41, 5.74) is 3.89. The van der Waals surface area contributed by atoms with E-state index in [9.17, 15) is 9.00 Å². The molecule has 1 N–H and O–H groups in total. The van der Waals surface area contributed by atoms with Crippen molar-refractivity contribution in [1.29, 1.82) is 0 Å². The van der Waals surface area contributed by atoms with Gasteiger partial charge in [0.25, 0.3) is 5.91 Å². The molecule has 132 valence electrons. The van der Waals surface area contributed by atoms with E-state index < -0.39 is 10.8 Å². The van der Waals surface area contributed by atoms with E-state index in [1.165, 1.54) is 0 Å². The summed E-state index contributed by atoms with van der Waals surface area (Å²) in [5, 5.41) is 7.94. The van der Waals surface area contributed by atoms with Crippen molar-refractivity contribution in [2.24, 2.45) is 0 Å². The average Bonchev–Trinajstić information content (AvgIpc) is 3.13. The lowest BCUT2D eigenvalue weighted by molar-refractivity contribution is 0.102. The predicted octanol–water partition coefficient (Wildman–Crippen LogP) is 3.85. The van der Waals surface area contributed by atoms with Crippen molar-refractivity contribution in [1.82, 2.24) is 9.78 Å². The van der Waals surface area contributed by atoms with Gasteiger partial charge in [0.05, 0.1) is 33.5 Å². The van der Waals surface area contributed by atoms with Gasteiger partial charge < -0.3 is 5.32 Å². The smallest absolute Gasteiger partial charge is 0.258 e. The highest BCUT2D eigenvalue weighted by Crippen LogP contribution is 2.32. The van der Waals surface area contributed by atoms with E-state index in [2.05, 4.69) is 10.4 Å². The molecule has 1 aliphatic rings. The van der Waals surface area contributed by atoms with Crippen molar-refractivity contribution in [3.05, 3.63) is 75.9 Å². The molecule has 3 aromatic rings. The second-order valence-electron chi connectivity index (χ2n) is 6.13. The third-order valence-electron chi connectivity index (χ3n) is 4.36. The first-order valence-corrected chi connectivity index (χ1v) is 9.99. The Bertz CT molecular complexity index is 1050. The zero-order chi connectivity index (χ0) is 18.3. The lowest BCUT2D eigenvalue weighted by atomic mass is 10.2. The van der Waals surface area contributed by atoms with E-state index in [-0.39, 0.29) is 5.91 Å². The third-order valence-corrected chi connectivity index (χ3v) is 5.90. The Labute approximate surface area is 158 Å². The van der Waals surface area contributed by atoms with Crippen molar-refractivity contribution in [2.75, 3.05) is 5.32 Å². The number of carbonyl (C=O) groups excluding carboxylic acids is 1. The van der Waals surface area contributed by atoms with Gasteiger partial charge in [-0.15, -0.1) is 0 Å². The maximum atomic E-state index is 12.8. The quantitative estimate of drug-likeness (QED) is 0.744. The van der Waals surface area contributed by atoms with E-state index in [4.69, 9.17) is 11.6 Å². The molecule has 1 aromatic heterocycles. The molecule has 1 aliphatic heterocycles. The standard InChI is InChI=1S/C19H16ClN3O2S/c1-12-6-2-5-9-17(12)23-18(14-10-26(25)11-16(14)22-23)21-19(24)13-7-3-4-8-15(13)20/h2-9H,10-11H2,1H3,(H,21,24)/t26-/m1/s1. The minimum absolute atomic E-state index is 0.314. The zero-order valence-electron chi connectivity index (χ0n) is 14.0. The summed E-state index contributed by atoms with van der Waals surface area (Å²) >= 11 is 6.15. The van der Waals surface area contributed by atoms with Gasteiger partial charge in [-0.1, -0.05) is 41.9 Å². The van der Waals surface area contributed by atoms with Crippen LogP contribution in [0.4, 0.5) is 5.82 Å². The van der Waals surface area contributed by atoms with Crippen LogP contribution in [0.15, 0.2) is 48.5 Å². The minimum atomic E-state index is -0.985. The van der Waals surface area contributed by atoms with Crippen LogP contribution in [-0.2, 0) is 22.3 Å². The lowest BCUT2D eigenvalue weighted by Gasteiger charge is -2.13. The Balaban J connectivity index is 1.80. The molecule has 2 heterocycles. The van der Waals surface area contributed by atoms with Crippen molar-refractivity contribution in [3.8, 4) is 5.69 Å². The predicted molar refractivity (Wildman–Crippen MR) is 103 cm³/mol. The summed E-state index contributed by atoms with van der Waals surface area (Å²) in [6.45, 7) is 1.99. The fourth-order valence-corrected chi connectivity index (χ4v) is 4.54. The van der Waals surface area contributed by atoms with Crippen LogP contribution in [0.1, 0.15) is 27.2 Å². The number of amides is 1. The van der Waals surface area contributed by atoms with Crippen molar-refractivity contribution < 1.29 is 9.00 Å². The number of benzene rings is 2. The number of hydrogen-bond acceptors (Lipinski definition) is 3. The summed E-state index contributed by atoms with van der Waals surface area (Å²) < 4.78 is 13.7. The van der Waals surface area contributed by atoms with Gasteiger partial charge in [-0.2, -0.15) is 5.10 Å². The summed E-state index contributed by atoms with van der Waals surface area (Å²) in [6, 6.07) is 14.7. The molecule has 4 rings (SSSR count). The van der Waals surface area contributed by atoms with Crippen molar-refractivity contribution in [3.63, 3.8) is 0 Å². The molecule has 0 bridgehead atoms. The van der Waals surface area contributed by atoms with E-state index in [0.717, 1.165) is 22.5 Å². The highest BCUT2D eigenvalue weighted by molar-refractivity contribution is 7.83. The van der Waals surface area contributed by atoms with Crippen molar-refractivity contribution in [2.45, 2.75) is 18.4 Å². The van der Waals surface area contributed by atoms with Gasteiger partial charge in [0.15, 0.2) is 0 Å². The van der Waals surface area contributed by atoms with Gasteiger partial charge in [0.2, 0.25) is 0 Å². The second kappa shape index (κ2) is 6.70. The fraction of sp³-hybridized carbons (Fsp3) is 0.158. The first-order valence-electron chi connectivity index (χ1n) is 8.12. The molecule has 1 amide bonds. The van der Waals surface area contributed by atoms with Crippen molar-refractivity contribution >= 4 is 34.1 Å². The normalized spacial score (nSPS) is 15.7. The van der Waals surface area contributed by atoms with E-state index in [0.29, 0.717) is 27.9 Å². The number of fused-ring (bicyclic) bond motifs is 1. The first kappa shape index (κ1) is 17.0. The van der Waals surface area contributed by atoms with Crippen LogP contribution in [0.3, 0.4) is 0 Å². The van der Waals surface area contributed by atoms with Crippen LogP contribution in [0, 0.1) is 6.92 Å². The van der Waals surface area contributed by atoms with Gasteiger partial charge in [0, 0.05) is 16.4 Å². The number of nitrogens with one attached hydrogen (secondary N) is 1. The van der Waals surface area contributed by atoms with Crippen LogP contribution >= 0.6 is 11.6 Å². The largest absolute Gasteiger partial charge is 0.306 e. The zero-order valence-corrected chi connectivity index (χ0v) is 15.6. The number of hydrogen-bond donors (Lipinski definition) is 1. The van der Waals surface area contributed by atoms with Crippen LogP contribution in [0.2, 0.25) is 5.02 Å². The molecular formula is C19H16ClN3O2S. The summed E-state index contributed by atoms with van der Waals surface area (Å²) in [6.07, 6.45) is 0.